The Morgan fingerprint density at radius 1 is 0.980 bits per heavy atom. The van der Waals surface area contributed by atoms with Crippen molar-refractivity contribution in [1.82, 2.24) is 4.90 Å². The van der Waals surface area contributed by atoms with Gasteiger partial charge in [0.2, 0.25) is 0 Å². The first-order valence-corrected chi connectivity index (χ1v) is 20.2. The minimum Gasteiger partial charge on any atom is -0.481 e. The Kier molecular flexibility index (Phi) is 9.47. The summed E-state index contributed by atoms with van der Waals surface area (Å²) in [6.45, 7) is 17.3. The predicted molar refractivity (Wildman–Crippen MR) is 198 cm³/mol. The Hall–Kier alpha value is -2.51. The van der Waals surface area contributed by atoms with Crippen LogP contribution in [0.4, 0.5) is 0 Å². The Morgan fingerprint density at radius 2 is 1.65 bits per heavy atom. The van der Waals surface area contributed by atoms with Crippen molar-refractivity contribution >= 4 is 17.7 Å². The second-order valence-corrected chi connectivity index (χ2v) is 19.3. The number of fused-ring (bicyclic) bond motifs is 8. The van der Waals surface area contributed by atoms with Crippen LogP contribution in [0.15, 0.2) is 35.4 Å². The third kappa shape index (κ3) is 5.95. The standard InChI is InChI=1S/C44H63NO6/c1-26(2)38-33(46)22-44(36(47)25-45-21-17-28-10-8-9-11-29(28)24-45)20-15-32-30(39(38)44)12-13-35-42(6)19-16-34(27(3)31(42)14-18-43(32,35)7)51-37(48)23-41(4,5)40(49)50/h8-11,26-27,30-32,34-36,47H,12-25H2,1-7H3,(H,49,50). The van der Waals surface area contributed by atoms with Crippen molar-refractivity contribution in [3.8, 4) is 0 Å². The molecule has 7 rings (SSSR count). The van der Waals surface area contributed by atoms with E-state index in [2.05, 4.69) is 63.8 Å². The second-order valence-electron chi connectivity index (χ2n) is 19.3. The molecule has 51 heavy (non-hydrogen) atoms. The van der Waals surface area contributed by atoms with Gasteiger partial charge in [-0.25, -0.2) is 0 Å². The van der Waals surface area contributed by atoms with Gasteiger partial charge in [-0.1, -0.05) is 64.5 Å². The molecule has 5 aliphatic carbocycles. The highest BCUT2D eigenvalue weighted by Gasteiger charge is 2.66. The smallest absolute Gasteiger partial charge is 0.309 e. The van der Waals surface area contributed by atoms with Crippen LogP contribution in [-0.2, 0) is 32.1 Å². The molecule has 0 spiro atoms. The number of Topliss-reactive ketones (excluding diaryl/α,β-unsaturated/α-hetero) is 1. The highest BCUT2D eigenvalue weighted by molar-refractivity contribution is 6.00. The molecular weight excluding hydrogens is 638 g/mol. The fourth-order valence-electron chi connectivity index (χ4n) is 13.3. The number of hydrogen-bond donors (Lipinski definition) is 2. The van der Waals surface area contributed by atoms with Crippen LogP contribution in [0.1, 0.15) is 124 Å². The molecule has 10 unspecified atom stereocenters. The number of carboxylic acids is 1. The summed E-state index contributed by atoms with van der Waals surface area (Å²) < 4.78 is 6.06. The number of rotatable bonds is 8. The number of benzene rings is 1. The highest BCUT2D eigenvalue weighted by atomic mass is 16.5. The van der Waals surface area contributed by atoms with E-state index in [-0.39, 0.29) is 41.0 Å². The van der Waals surface area contributed by atoms with Crippen molar-refractivity contribution in [2.45, 2.75) is 138 Å². The maximum atomic E-state index is 14.0. The molecule has 7 nitrogen and oxygen atoms in total. The molecule has 4 fully saturated rings. The lowest BCUT2D eigenvalue weighted by Gasteiger charge is -2.67. The van der Waals surface area contributed by atoms with E-state index in [4.69, 9.17) is 4.74 Å². The van der Waals surface area contributed by atoms with Crippen LogP contribution in [0.2, 0.25) is 0 Å². The van der Waals surface area contributed by atoms with Gasteiger partial charge in [0.25, 0.3) is 0 Å². The average Bonchev–Trinajstić information content (AvgIpc) is 3.39. The van der Waals surface area contributed by atoms with Gasteiger partial charge in [0.1, 0.15) is 6.10 Å². The van der Waals surface area contributed by atoms with Crippen LogP contribution >= 0.6 is 0 Å². The molecule has 1 aromatic carbocycles. The zero-order chi connectivity index (χ0) is 36.7. The number of allylic oxidation sites excluding steroid dienone is 1. The van der Waals surface area contributed by atoms with Gasteiger partial charge in [-0.05, 0) is 135 Å². The molecule has 7 heteroatoms. The van der Waals surface area contributed by atoms with E-state index in [1.807, 2.05) is 0 Å². The number of aliphatic hydroxyl groups excluding tert-OH is 1. The fourth-order valence-corrected chi connectivity index (χ4v) is 13.3. The SMILES string of the molecule is CC(C)C1=C2C3CCC4C(C)(CCC5C(C)C(OC(=O)CC(C)(C)C(=O)O)CCC54C)C3CCC2(C(O)CN2CCc3ccccc3C2)CC1=O. The minimum absolute atomic E-state index is 0.115. The van der Waals surface area contributed by atoms with E-state index in [9.17, 15) is 24.6 Å². The Morgan fingerprint density at radius 3 is 2.35 bits per heavy atom. The van der Waals surface area contributed by atoms with Crippen molar-refractivity contribution in [3.63, 3.8) is 0 Å². The number of aliphatic carboxylic acids is 1. The van der Waals surface area contributed by atoms with Crippen molar-refractivity contribution in [1.29, 1.82) is 0 Å². The summed E-state index contributed by atoms with van der Waals surface area (Å²) in [5, 5.41) is 21.9. The maximum Gasteiger partial charge on any atom is 0.309 e. The molecule has 280 valence electrons. The van der Waals surface area contributed by atoms with E-state index >= 15 is 0 Å². The molecule has 0 aromatic heterocycles. The number of ketones is 1. The summed E-state index contributed by atoms with van der Waals surface area (Å²) in [5.74, 6) is 1.12. The molecule has 4 saturated carbocycles. The van der Waals surface area contributed by atoms with Crippen LogP contribution in [0.5, 0.6) is 0 Å². The quantitative estimate of drug-likeness (QED) is 0.265. The van der Waals surface area contributed by atoms with Crippen LogP contribution in [0.3, 0.4) is 0 Å². The largest absolute Gasteiger partial charge is 0.481 e. The van der Waals surface area contributed by atoms with E-state index in [1.165, 1.54) is 16.7 Å². The number of carboxylic acid groups (broad SMARTS) is 1. The third-order valence-electron chi connectivity index (χ3n) is 15.9. The van der Waals surface area contributed by atoms with E-state index in [0.717, 1.165) is 76.5 Å². The first-order chi connectivity index (χ1) is 24.0. The van der Waals surface area contributed by atoms with Gasteiger partial charge in [0.05, 0.1) is 17.9 Å². The van der Waals surface area contributed by atoms with Crippen molar-refractivity contribution in [2.24, 2.45) is 57.2 Å². The number of hydrogen-bond acceptors (Lipinski definition) is 6. The molecule has 0 amide bonds. The lowest BCUT2D eigenvalue weighted by molar-refractivity contribution is -0.193. The fraction of sp³-hybridized carbons (Fsp3) is 0.750. The van der Waals surface area contributed by atoms with Crippen molar-refractivity contribution in [3.05, 3.63) is 46.5 Å². The van der Waals surface area contributed by atoms with Gasteiger partial charge in [0, 0.05) is 31.5 Å². The number of carbonyl (C=O) groups is 3. The topological polar surface area (TPSA) is 104 Å². The number of nitrogens with zero attached hydrogens (tertiary/aromatic N) is 1. The first-order valence-electron chi connectivity index (χ1n) is 20.2. The maximum absolute atomic E-state index is 14.0. The third-order valence-corrected chi connectivity index (χ3v) is 15.9. The van der Waals surface area contributed by atoms with Gasteiger partial charge < -0.3 is 14.9 Å². The van der Waals surface area contributed by atoms with Gasteiger partial charge in [-0.3, -0.25) is 19.3 Å². The molecule has 0 bridgehead atoms. The van der Waals surface area contributed by atoms with E-state index < -0.39 is 28.9 Å². The summed E-state index contributed by atoms with van der Waals surface area (Å²) in [5.41, 5.74) is 3.86. The molecule has 1 aliphatic heterocycles. The van der Waals surface area contributed by atoms with Crippen LogP contribution in [0, 0.1) is 57.2 Å². The number of aliphatic hydroxyl groups is 1. The monoisotopic (exact) mass is 701 g/mol. The second kappa shape index (κ2) is 13.1. The normalized spacial score (nSPS) is 38.6. The number of ether oxygens (including phenoxy) is 1. The van der Waals surface area contributed by atoms with E-state index in [0.29, 0.717) is 36.6 Å². The molecule has 1 heterocycles. The van der Waals surface area contributed by atoms with Gasteiger partial charge >= 0.3 is 11.9 Å². The van der Waals surface area contributed by atoms with Crippen LogP contribution in [0.25, 0.3) is 0 Å². The number of carbonyl (C=O) groups excluding carboxylic acids is 2. The predicted octanol–water partition coefficient (Wildman–Crippen LogP) is 8.02. The summed E-state index contributed by atoms with van der Waals surface area (Å²) in [6.07, 6.45) is 8.86. The molecule has 2 N–H and O–H groups in total. The molecule has 1 aromatic rings. The molecule has 0 saturated heterocycles. The van der Waals surface area contributed by atoms with Gasteiger partial charge in [-0.2, -0.15) is 0 Å². The Balaban J connectivity index is 1.11. The van der Waals surface area contributed by atoms with Crippen molar-refractivity contribution in [2.75, 3.05) is 13.1 Å². The van der Waals surface area contributed by atoms with Gasteiger partial charge in [-0.15, -0.1) is 0 Å². The molecular formula is C44H63NO6. The minimum atomic E-state index is -1.14. The summed E-state index contributed by atoms with van der Waals surface area (Å²) in [6, 6.07) is 8.68. The number of β-amino-alcohol motifs (C(OH)–C–C–N with tert-alkyl or cyclic N) is 1. The Bertz CT molecular complexity index is 1590. The van der Waals surface area contributed by atoms with Gasteiger partial charge in [0.15, 0.2) is 5.78 Å². The zero-order valence-electron chi connectivity index (χ0n) is 32.3. The number of esters is 1. The Labute approximate surface area is 306 Å². The lowest BCUT2D eigenvalue weighted by atomic mass is 9.38. The lowest BCUT2D eigenvalue weighted by Crippen LogP contribution is -2.61. The zero-order valence-corrected chi connectivity index (χ0v) is 32.3. The first kappa shape index (κ1) is 36.8. The molecule has 6 aliphatic rings. The average molecular weight is 702 g/mol. The van der Waals surface area contributed by atoms with Crippen molar-refractivity contribution < 1.29 is 29.3 Å². The molecule has 10 atom stereocenters. The highest BCUT2D eigenvalue weighted by Crippen LogP contribution is 2.72. The van der Waals surface area contributed by atoms with E-state index in [1.54, 1.807) is 13.8 Å². The molecule has 0 radical (unpaired) electrons. The van der Waals surface area contributed by atoms with Crippen LogP contribution in [-0.4, -0.2) is 58.1 Å². The van der Waals surface area contributed by atoms with Crippen LogP contribution < -0.4 is 0 Å². The summed E-state index contributed by atoms with van der Waals surface area (Å²) in [4.78, 5) is 41.1. The summed E-state index contributed by atoms with van der Waals surface area (Å²) in [7, 11) is 0. The summed E-state index contributed by atoms with van der Waals surface area (Å²) >= 11 is 0.